The van der Waals surface area contributed by atoms with Crippen molar-refractivity contribution in [2.45, 2.75) is 13.0 Å². The van der Waals surface area contributed by atoms with E-state index in [0.29, 0.717) is 12.3 Å². The predicted molar refractivity (Wildman–Crippen MR) is 86.1 cm³/mol. The topological polar surface area (TPSA) is 75.7 Å². The molecule has 6 nitrogen and oxygen atoms in total. The van der Waals surface area contributed by atoms with Gasteiger partial charge in [0.1, 0.15) is 5.75 Å². The van der Waals surface area contributed by atoms with Gasteiger partial charge in [-0.2, -0.15) is 4.31 Å². The minimum atomic E-state index is -3.43. The first kappa shape index (κ1) is 18.2. The number of hydrogen-bond donors (Lipinski definition) is 1. The van der Waals surface area contributed by atoms with Crippen LogP contribution >= 0.6 is 0 Å². The maximum Gasteiger partial charge on any atom is 0.221 e. The zero-order valence-corrected chi connectivity index (χ0v) is 13.7. The first-order valence-electron chi connectivity index (χ1n) is 6.83. The number of methoxy groups -OCH3 is 1. The molecule has 0 saturated heterocycles. The molecule has 1 aromatic rings. The summed E-state index contributed by atoms with van der Waals surface area (Å²) in [6.45, 7) is 4.15. The lowest BCUT2D eigenvalue weighted by atomic mass is 10.2. The summed E-state index contributed by atoms with van der Waals surface area (Å²) in [4.78, 5) is 11.6. The van der Waals surface area contributed by atoms with Crippen molar-refractivity contribution in [2.24, 2.45) is 0 Å². The second-order valence-electron chi connectivity index (χ2n) is 4.75. The van der Waals surface area contributed by atoms with E-state index in [2.05, 4.69) is 11.9 Å². The summed E-state index contributed by atoms with van der Waals surface area (Å²) in [7, 11) is -1.89. The molecule has 1 aromatic carbocycles. The average molecular weight is 326 g/mol. The van der Waals surface area contributed by atoms with Crippen LogP contribution in [0.2, 0.25) is 0 Å². The summed E-state index contributed by atoms with van der Waals surface area (Å²) in [6, 6.07) is 7.20. The number of rotatable bonds is 9. The van der Waals surface area contributed by atoms with Gasteiger partial charge < -0.3 is 10.1 Å². The van der Waals surface area contributed by atoms with Gasteiger partial charge in [0.05, 0.1) is 13.4 Å². The molecule has 22 heavy (non-hydrogen) atoms. The van der Waals surface area contributed by atoms with Crippen LogP contribution in [0.1, 0.15) is 12.0 Å². The van der Waals surface area contributed by atoms with Gasteiger partial charge in [-0.1, -0.05) is 24.3 Å². The van der Waals surface area contributed by atoms with Gasteiger partial charge in [-0.05, 0) is 6.07 Å². The fourth-order valence-corrected chi connectivity index (χ4v) is 2.68. The first-order chi connectivity index (χ1) is 10.4. The molecule has 0 aliphatic rings. The van der Waals surface area contributed by atoms with Crippen molar-refractivity contribution in [3.05, 3.63) is 42.5 Å². The van der Waals surface area contributed by atoms with E-state index in [1.54, 1.807) is 18.2 Å². The van der Waals surface area contributed by atoms with E-state index in [-0.39, 0.29) is 25.4 Å². The molecule has 122 valence electrons. The van der Waals surface area contributed by atoms with Crippen LogP contribution in [-0.2, 0) is 21.4 Å². The fourth-order valence-electron chi connectivity index (χ4n) is 1.89. The lowest BCUT2D eigenvalue weighted by Crippen LogP contribution is -2.34. The Morgan fingerprint density at radius 1 is 1.41 bits per heavy atom. The number of carbonyl (C=O) groups excluding carboxylic acids is 1. The number of nitrogens with one attached hydrogen (secondary N) is 1. The molecule has 1 rings (SSSR count). The van der Waals surface area contributed by atoms with Crippen LogP contribution in [0.15, 0.2) is 36.9 Å². The second-order valence-corrected chi connectivity index (χ2v) is 6.73. The monoisotopic (exact) mass is 326 g/mol. The fraction of sp³-hybridized carbons (Fsp3) is 0.400. The Labute approximate surface area is 131 Å². The highest BCUT2D eigenvalue weighted by Crippen LogP contribution is 2.20. The number of benzene rings is 1. The highest BCUT2D eigenvalue weighted by Gasteiger charge is 2.19. The minimum absolute atomic E-state index is 0.0933. The molecule has 0 unspecified atom stereocenters. The van der Waals surface area contributed by atoms with Crippen LogP contribution in [0.3, 0.4) is 0 Å². The van der Waals surface area contributed by atoms with Crippen LogP contribution in [0.5, 0.6) is 5.75 Å². The number of carbonyl (C=O) groups is 1. The van der Waals surface area contributed by atoms with Gasteiger partial charge in [0.15, 0.2) is 0 Å². The highest BCUT2D eigenvalue weighted by atomic mass is 32.2. The third-order valence-corrected chi connectivity index (χ3v) is 4.29. The molecule has 1 amide bonds. The summed E-state index contributed by atoms with van der Waals surface area (Å²) >= 11 is 0. The van der Waals surface area contributed by atoms with Crippen molar-refractivity contribution in [2.75, 3.05) is 26.5 Å². The molecule has 0 aromatic heterocycles. The van der Waals surface area contributed by atoms with E-state index >= 15 is 0 Å². The molecule has 0 radical (unpaired) electrons. The van der Waals surface area contributed by atoms with Crippen LogP contribution < -0.4 is 10.1 Å². The Morgan fingerprint density at radius 3 is 2.68 bits per heavy atom. The Morgan fingerprint density at radius 2 is 2.09 bits per heavy atom. The molecule has 0 saturated carbocycles. The number of ether oxygens (including phenoxy) is 1. The van der Waals surface area contributed by atoms with E-state index in [0.717, 1.165) is 11.8 Å². The summed E-state index contributed by atoms with van der Waals surface area (Å²) in [5, 5.41) is 2.62. The van der Waals surface area contributed by atoms with Gasteiger partial charge in [-0.3, -0.25) is 4.79 Å². The molecule has 0 bridgehead atoms. The molecule has 0 atom stereocenters. The summed E-state index contributed by atoms with van der Waals surface area (Å²) in [6.07, 6.45) is 2.79. The lowest BCUT2D eigenvalue weighted by Gasteiger charge is -2.21. The summed E-state index contributed by atoms with van der Waals surface area (Å²) < 4.78 is 30.3. The lowest BCUT2D eigenvalue weighted by molar-refractivity contribution is -0.121. The standard InChI is InChI=1S/C15H22N2O4S/c1-4-10-16-15(18)9-11-17(22(3,19)20)12-13-7-5-6-8-14(13)21-2/h4-8H,1,9-12H2,2-3H3,(H,16,18). The number of para-hydroxylation sites is 1. The van der Waals surface area contributed by atoms with Gasteiger partial charge in [0, 0.05) is 31.6 Å². The first-order valence-corrected chi connectivity index (χ1v) is 8.68. The number of sulfonamides is 1. The molecule has 1 N–H and O–H groups in total. The van der Waals surface area contributed by atoms with Crippen LogP contribution in [0.25, 0.3) is 0 Å². The Hall–Kier alpha value is -1.86. The summed E-state index contributed by atoms with van der Waals surface area (Å²) in [5.74, 6) is 0.404. The Bertz CT molecular complexity index is 614. The van der Waals surface area contributed by atoms with Gasteiger partial charge in [0.25, 0.3) is 0 Å². The van der Waals surface area contributed by atoms with Crippen molar-refractivity contribution >= 4 is 15.9 Å². The van der Waals surface area contributed by atoms with Crippen molar-refractivity contribution < 1.29 is 17.9 Å². The molecule has 0 heterocycles. The van der Waals surface area contributed by atoms with Crippen LogP contribution in [0, 0.1) is 0 Å². The quantitative estimate of drug-likeness (QED) is 0.691. The largest absolute Gasteiger partial charge is 0.496 e. The molecule has 7 heteroatoms. The van der Waals surface area contributed by atoms with E-state index in [1.807, 2.05) is 12.1 Å². The van der Waals surface area contributed by atoms with Gasteiger partial charge in [-0.25, -0.2) is 8.42 Å². The Kier molecular flexibility index (Phi) is 7.07. The van der Waals surface area contributed by atoms with Gasteiger partial charge in [-0.15, -0.1) is 6.58 Å². The van der Waals surface area contributed by atoms with Gasteiger partial charge in [0.2, 0.25) is 15.9 Å². The minimum Gasteiger partial charge on any atom is -0.496 e. The van der Waals surface area contributed by atoms with Crippen LogP contribution in [-0.4, -0.2) is 45.1 Å². The van der Waals surface area contributed by atoms with E-state index in [9.17, 15) is 13.2 Å². The second kappa shape index (κ2) is 8.55. The Balaban J connectivity index is 2.78. The van der Waals surface area contributed by atoms with E-state index < -0.39 is 10.0 Å². The molecule has 0 spiro atoms. The molecular weight excluding hydrogens is 304 g/mol. The smallest absolute Gasteiger partial charge is 0.221 e. The van der Waals surface area contributed by atoms with Gasteiger partial charge >= 0.3 is 0 Å². The third kappa shape index (κ3) is 5.87. The van der Waals surface area contributed by atoms with Crippen molar-refractivity contribution in [3.8, 4) is 5.75 Å². The number of nitrogens with zero attached hydrogens (tertiary/aromatic N) is 1. The molecule has 0 aliphatic carbocycles. The van der Waals surface area contributed by atoms with E-state index in [4.69, 9.17) is 4.74 Å². The third-order valence-electron chi connectivity index (χ3n) is 3.04. The zero-order valence-electron chi connectivity index (χ0n) is 12.9. The van der Waals surface area contributed by atoms with E-state index in [1.165, 1.54) is 11.4 Å². The maximum absolute atomic E-state index is 11.9. The van der Waals surface area contributed by atoms with Crippen molar-refractivity contribution in [1.29, 1.82) is 0 Å². The maximum atomic E-state index is 11.9. The molecular formula is C15H22N2O4S. The molecule has 0 aliphatic heterocycles. The SMILES string of the molecule is C=CCNC(=O)CCN(Cc1ccccc1OC)S(C)(=O)=O. The number of hydrogen-bond acceptors (Lipinski definition) is 4. The highest BCUT2D eigenvalue weighted by molar-refractivity contribution is 7.88. The normalized spacial score (nSPS) is 11.2. The zero-order chi connectivity index (χ0) is 16.6. The van der Waals surface area contributed by atoms with Crippen LogP contribution in [0.4, 0.5) is 0 Å². The molecule has 0 fully saturated rings. The average Bonchev–Trinajstić information content (AvgIpc) is 2.48. The van der Waals surface area contributed by atoms with Crippen molar-refractivity contribution in [1.82, 2.24) is 9.62 Å². The number of amides is 1. The van der Waals surface area contributed by atoms with Crippen molar-refractivity contribution in [3.63, 3.8) is 0 Å². The summed E-state index contributed by atoms with van der Waals surface area (Å²) in [5.41, 5.74) is 0.752. The predicted octanol–water partition coefficient (Wildman–Crippen LogP) is 1.15.